The molecule has 1 aliphatic rings. The van der Waals surface area contributed by atoms with Crippen LogP contribution in [0.25, 0.3) is 0 Å². The first-order chi connectivity index (χ1) is 7.59. The van der Waals surface area contributed by atoms with Gasteiger partial charge in [-0.15, -0.1) is 0 Å². The zero-order chi connectivity index (χ0) is 11.8. The molecule has 0 bridgehead atoms. The van der Waals surface area contributed by atoms with Crippen molar-refractivity contribution in [3.8, 4) is 0 Å². The maximum Gasteiger partial charge on any atom is 0.341 e. The van der Waals surface area contributed by atoms with Gasteiger partial charge in [0.15, 0.2) is 0 Å². The van der Waals surface area contributed by atoms with Gasteiger partial charge in [-0.05, 0) is 12.5 Å². The molecule has 1 heterocycles. The topological polar surface area (TPSA) is 66.8 Å². The average molecular weight is 222 g/mol. The molecular formula is C12H14O4. The molecule has 0 saturated heterocycles. The Kier molecular flexibility index (Phi) is 2.69. The van der Waals surface area contributed by atoms with Crippen LogP contribution in [-0.2, 0) is 10.5 Å². The molecule has 4 heteroatoms. The highest BCUT2D eigenvalue weighted by Crippen LogP contribution is 2.38. The van der Waals surface area contributed by atoms with Crippen molar-refractivity contribution in [2.75, 3.05) is 0 Å². The molecule has 2 rings (SSSR count). The van der Waals surface area contributed by atoms with Gasteiger partial charge < -0.3 is 14.9 Å². The van der Waals surface area contributed by atoms with Crippen molar-refractivity contribution in [1.82, 2.24) is 0 Å². The predicted octanol–water partition coefficient (Wildman–Crippen LogP) is 1.16. The molecule has 4 nitrogen and oxygen atoms in total. The Labute approximate surface area is 93.5 Å². The number of cyclic esters (lactones) is 1. The van der Waals surface area contributed by atoms with Gasteiger partial charge >= 0.3 is 5.97 Å². The van der Waals surface area contributed by atoms with E-state index in [0.717, 1.165) is 0 Å². The lowest BCUT2D eigenvalue weighted by Gasteiger charge is -2.27. The van der Waals surface area contributed by atoms with Gasteiger partial charge in [0, 0.05) is 5.56 Å². The fourth-order valence-corrected chi connectivity index (χ4v) is 1.94. The van der Waals surface area contributed by atoms with Crippen LogP contribution < -0.4 is 0 Å². The Balaban J connectivity index is 2.42. The number of aliphatic hydroxyl groups is 2. The summed E-state index contributed by atoms with van der Waals surface area (Å²) < 4.78 is 4.90. The number of hydrogen-bond acceptors (Lipinski definition) is 4. The molecule has 0 fully saturated rings. The van der Waals surface area contributed by atoms with E-state index in [1.807, 2.05) is 6.92 Å². The minimum atomic E-state index is -1.89. The highest BCUT2D eigenvalue weighted by atomic mass is 16.7. The molecular weight excluding hydrogens is 208 g/mol. The van der Waals surface area contributed by atoms with Gasteiger partial charge in [-0.25, -0.2) is 4.79 Å². The third kappa shape index (κ3) is 1.50. The second-order valence-electron chi connectivity index (χ2n) is 3.94. The minimum absolute atomic E-state index is 0.320. The van der Waals surface area contributed by atoms with Crippen LogP contribution >= 0.6 is 0 Å². The van der Waals surface area contributed by atoms with Crippen molar-refractivity contribution in [2.24, 2.45) is 0 Å². The summed E-state index contributed by atoms with van der Waals surface area (Å²) >= 11 is 0. The molecule has 86 valence electrons. The molecule has 0 spiro atoms. The number of aliphatic hydroxyl groups excluding tert-OH is 1. The molecule has 2 atom stereocenters. The Morgan fingerprint density at radius 1 is 1.44 bits per heavy atom. The maximum atomic E-state index is 11.5. The largest absolute Gasteiger partial charge is 0.422 e. The number of carbonyl (C=O) groups excluding carboxylic acids is 1. The molecule has 1 aliphatic heterocycles. The van der Waals surface area contributed by atoms with Gasteiger partial charge in [0.05, 0.1) is 5.56 Å². The number of hydrogen-bond donors (Lipinski definition) is 2. The lowest BCUT2D eigenvalue weighted by atomic mass is 9.95. The summed E-state index contributed by atoms with van der Waals surface area (Å²) in [5, 5.41) is 20.1. The highest BCUT2D eigenvalue weighted by Gasteiger charge is 2.48. The van der Waals surface area contributed by atoms with Gasteiger partial charge in [0.2, 0.25) is 0 Å². The molecule has 0 saturated carbocycles. The minimum Gasteiger partial charge on any atom is -0.422 e. The van der Waals surface area contributed by atoms with Crippen LogP contribution in [0.3, 0.4) is 0 Å². The van der Waals surface area contributed by atoms with E-state index in [-0.39, 0.29) is 0 Å². The van der Waals surface area contributed by atoms with E-state index < -0.39 is 17.9 Å². The molecule has 0 aliphatic carbocycles. The maximum absolute atomic E-state index is 11.5. The first-order valence-electron chi connectivity index (χ1n) is 5.33. The summed E-state index contributed by atoms with van der Waals surface area (Å²) in [6.07, 6.45) is -0.0218. The normalized spacial score (nSPS) is 25.1. The smallest absolute Gasteiger partial charge is 0.341 e. The summed E-state index contributed by atoms with van der Waals surface area (Å²) in [6.45, 7) is 1.88. The number of benzene rings is 1. The lowest BCUT2D eigenvalue weighted by Crippen LogP contribution is -2.39. The van der Waals surface area contributed by atoms with Crippen molar-refractivity contribution >= 4 is 5.97 Å². The van der Waals surface area contributed by atoms with Crippen LogP contribution in [0.4, 0.5) is 0 Å². The molecule has 0 amide bonds. The molecule has 2 unspecified atom stereocenters. The number of ether oxygens (including phenoxy) is 1. The number of rotatable bonds is 3. The first-order valence-corrected chi connectivity index (χ1v) is 5.33. The van der Waals surface area contributed by atoms with E-state index in [1.54, 1.807) is 24.3 Å². The number of esters is 1. The standard InChI is InChI=1S/C12H14O4/c1-2-5-10(13)12(15)9-7-4-3-6-8(9)11(14)16-12/h3-4,6-7,10,13,15H,2,5H2,1H3. The van der Waals surface area contributed by atoms with Gasteiger partial charge in [-0.3, -0.25) is 0 Å². The van der Waals surface area contributed by atoms with Crippen molar-refractivity contribution in [2.45, 2.75) is 31.7 Å². The molecule has 1 aromatic carbocycles. The Morgan fingerprint density at radius 2 is 2.12 bits per heavy atom. The second-order valence-corrected chi connectivity index (χ2v) is 3.94. The van der Waals surface area contributed by atoms with Crippen LogP contribution in [0.15, 0.2) is 24.3 Å². The molecule has 1 aromatic rings. The fraction of sp³-hybridized carbons (Fsp3) is 0.417. The zero-order valence-electron chi connectivity index (χ0n) is 9.01. The second kappa shape index (κ2) is 3.88. The lowest BCUT2D eigenvalue weighted by molar-refractivity contribution is -0.226. The molecule has 2 N–H and O–H groups in total. The van der Waals surface area contributed by atoms with Gasteiger partial charge in [0.25, 0.3) is 5.79 Å². The van der Waals surface area contributed by atoms with Crippen molar-refractivity contribution in [1.29, 1.82) is 0 Å². The van der Waals surface area contributed by atoms with E-state index in [9.17, 15) is 15.0 Å². The Bertz CT molecular complexity index is 415. The average Bonchev–Trinajstić information content (AvgIpc) is 2.54. The van der Waals surface area contributed by atoms with E-state index in [2.05, 4.69) is 0 Å². The fourth-order valence-electron chi connectivity index (χ4n) is 1.94. The third-order valence-corrected chi connectivity index (χ3v) is 2.79. The zero-order valence-corrected chi connectivity index (χ0v) is 9.01. The van der Waals surface area contributed by atoms with Crippen LogP contribution in [0.2, 0.25) is 0 Å². The summed E-state index contributed by atoms with van der Waals surface area (Å²) in [7, 11) is 0. The number of fused-ring (bicyclic) bond motifs is 1. The van der Waals surface area contributed by atoms with Crippen LogP contribution in [0.5, 0.6) is 0 Å². The third-order valence-electron chi connectivity index (χ3n) is 2.79. The van der Waals surface area contributed by atoms with E-state index in [4.69, 9.17) is 4.74 Å². The Hall–Kier alpha value is -1.39. The van der Waals surface area contributed by atoms with Crippen molar-refractivity contribution in [3.05, 3.63) is 35.4 Å². The summed E-state index contributed by atoms with van der Waals surface area (Å²) in [4.78, 5) is 11.5. The SMILES string of the molecule is CCCC(O)C1(O)OC(=O)c2ccccc21. The summed E-state index contributed by atoms with van der Waals surface area (Å²) in [6, 6.07) is 6.57. The molecule has 0 aromatic heterocycles. The molecule has 0 radical (unpaired) electrons. The highest BCUT2D eigenvalue weighted by molar-refractivity contribution is 5.94. The van der Waals surface area contributed by atoms with Gasteiger partial charge in [-0.2, -0.15) is 0 Å². The summed E-state index contributed by atoms with van der Waals surface area (Å²) in [5.74, 6) is -2.47. The Morgan fingerprint density at radius 3 is 2.81 bits per heavy atom. The van der Waals surface area contributed by atoms with Gasteiger partial charge in [0.1, 0.15) is 6.10 Å². The van der Waals surface area contributed by atoms with Crippen molar-refractivity contribution < 1.29 is 19.7 Å². The summed E-state index contributed by atoms with van der Waals surface area (Å²) in [5.41, 5.74) is 0.668. The van der Waals surface area contributed by atoms with Crippen LogP contribution in [0.1, 0.15) is 35.7 Å². The van der Waals surface area contributed by atoms with E-state index in [1.165, 1.54) is 0 Å². The monoisotopic (exact) mass is 222 g/mol. The predicted molar refractivity (Wildman–Crippen MR) is 56.7 cm³/mol. The van der Waals surface area contributed by atoms with Crippen LogP contribution in [0, 0.1) is 0 Å². The van der Waals surface area contributed by atoms with E-state index in [0.29, 0.717) is 24.0 Å². The van der Waals surface area contributed by atoms with Crippen LogP contribution in [-0.4, -0.2) is 22.3 Å². The first kappa shape index (κ1) is 11.1. The molecule has 16 heavy (non-hydrogen) atoms. The van der Waals surface area contributed by atoms with Gasteiger partial charge in [-0.1, -0.05) is 31.5 Å². The number of carbonyl (C=O) groups is 1. The quantitative estimate of drug-likeness (QED) is 0.753. The van der Waals surface area contributed by atoms with E-state index >= 15 is 0 Å². The van der Waals surface area contributed by atoms with Crippen molar-refractivity contribution in [3.63, 3.8) is 0 Å².